The van der Waals surface area contributed by atoms with Crippen LogP contribution in [-0.4, -0.2) is 6.61 Å². The van der Waals surface area contributed by atoms with Crippen molar-refractivity contribution in [2.45, 2.75) is 58.8 Å². The Kier molecular flexibility index (Phi) is 10.9. The van der Waals surface area contributed by atoms with Crippen LogP contribution in [0.5, 0.6) is 5.75 Å². The lowest BCUT2D eigenvalue weighted by Crippen LogP contribution is -1.96. The fourth-order valence-corrected chi connectivity index (χ4v) is 2.82. The summed E-state index contributed by atoms with van der Waals surface area (Å²) < 4.78 is 5.75. The van der Waals surface area contributed by atoms with Crippen LogP contribution in [0, 0.1) is 23.7 Å². The average Bonchev–Trinajstić information content (AvgIpc) is 2.76. The SMILES string of the molecule is CCCCCCOc1ccc(C#C/C=C/C#Cc2ccc(CCCC)cc2)cc1. The molecule has 150 valence electrons. The summed E-state index contributed by atoms with van der Waals surface area (Å²) in [5, 5.41) is 0. The zero-order valence-electron chi connectivity index (χ0n) is 17.8. The lowest BCUT2D eigenvalue weighted by Gasteiger charge is -2.05. The van der Waals surface area contributed by atoms with E-state index in [4.69, 9.17) is 4.74 Å². The van der Waals surface area contributed by atoms with Gasteiger partial charge in [-0.2, -0.15) is 0 Å². The minimum absolute atomic E-state index is 0.786. The van der Waals surface area contributed by atoms with E-state index >= 15 is 0 Å². The molecule has 2 aromatic carbocycles. The van der Waals surface area contributed by atoms with Crippen LogP contribution in [0.15, 0.2) is 60.7 Å². The number of aryl methyl sites for hydroxylation is 1. The Labute approximate surface area is 177 Å². The number of benzene rings is 2. The third kappa shape index (κ3) is 9.73. The summed E-state index contributed by atoms with van der Waals surface area (Å²) in [4.78, 5) is 0. The van der Waals surface area contributed by atoms with Gasteiger partial charge in [-0.25, -0.2) is 0 Å². The number of hydrogen-bond donors (Lipinski definition) is 0. The molecule has 0 bridgehead atoms. The van der Waals surface area contributed by atoms with Crippen LogP contribution in [0.2, 0.25) is 0 Å². The maximum Gasteiger partial charge on any atom is 0.119 e. The van der Waals surface area contributed by atoms with Crippen molar-refractivity contribution in [2.75, 3.05) is 6.61 Å². The second-order valence-corrected chi connectivity index (χ2v) is 7.11. The lowest BCUT2D eigenvalue weighted by molar-refractivity contribution is 0.305. The van der Waals surface area contributed by atoms with Crippen molar-refractivity contribution < 1.29 is 4.74 Å². The van der Waals surface area contributed by atoms with Crippen molar-refractivity contribution in [3.8, 4) is 29.4 Å². The Hall–Kier alpha value is -2.90. The van der Waals surface area contributed by atoms with Gasteiger partial charge in [0.1, 0.15) is 5.75 Å². The smallest absolute Gasteiger partial charge is 0.119 e. The molecule has 0 radical (unpaired) electrons. The van der Waals surface area contributed by atoms with Gasteiger partial charge in [0.05, 0.1) is 6.61 Å². The molecule has 1 nitrogen and oxygen atoms in total. The molecule has 2 rings (SSSR count). The Morgan fingerprint density at radius 1 is 0.690 bits per heavy atom. The van der Waals surface area contributed by atoms with Gasteiger partial charge in [0.25, 0.3) is 0 Å². The van der Waals surface area contributed by atoms with E-state index in [2.05, 4.69) is 61.8 Å². The molecule has 0 aliphatic carbocycles. The van der Waals surface area contributed by atoms with Crippen LogP contribution < -0.4 is 4.74 Å². The molecule has 1 heteroatoms. The number of rotatable bonds is 9. The Morgan fingerprint density at radius 2 is 1.28 bits per heavy atom. The van der Waals surface area contributed by atoms with Gasteiger partial charge in [0.15, 0.2) is 0 Å². The molecule has 0 N–H and O–H groups in total. The summed E-state index contributed by atoms with van der Waals surface area (Å²) in [5.74, 6) is 13.3. The van der Waals surface area contributed by atoms with E-state index in [-0.39, 0.29) is 0 Å². The van der Waals surface area contributed by atoms with E-state index in [1.165, 1.54) is 37.7 Å². The van der Waals surface area contributed by atoms with Gasteiger partial charge >= 0.3 is 0 Å². The highest BCUT2D eigenvalue weighted by atomic mass is 16.5. The summed E-state index contributed by atoms with van der Waals surface area (Å²) in [6, 6.07) is 16.5. The van der Waals surface area contributed by atoms with Gasteiger partial charge in [-0.15, -0.1) is 0 Å². The van der Waals surface area contributed by atoms with Crippen LogP contribution >= 0.6 is 0 Å². The normalized spacial score (nSPS) is 10.1. The minimum Gasteiger partial charge on any atom is -0.494 e. The first-order chi connectivity index (χ1) is 14.3. The lowest BCUT2D eigenvalue weighted by atomic mass is 10.1. The van der Waals surface area contributed by atoms with Crippen LogP contribution in [0.3, 0.4) is 0 Å². The Morgan fingerprint density at radius 3 is 1.86 bits per heavy atom. The molecule has 2 aromatic rings. The first-order valence-corrected chi connectivity index (χ1v) is 10.8. The van der Waals surface area contributed by atoms with Gasteiger partial charge < -0.3 is 4.74 Å². The van der Waals surface area contributed by atoms with E-state index in [1.807, 2.05) is 24.3 Å². The molecule has 0 heterocycles. The molecule has 0 aliphatic heterocycles. The number of hydrogen-bond acceptors (Lipinski definition) is 1. The quantitative estimate of drug-likeness (QED) is 0.336. The molecule has 0 atom stereocenters. The highest BCUT2D eigenvalue weighted by molar-refractivity contribution is 5.42. The molecule has 0 saturated carbocycles. The fraction of sp³-hybridized carbons (Fsp3) is 0.357. The van der Waals surface area contributed by atoms with Gasteiger partial charge in [0, 0.05) is 11.1 Å². The highest BCUT2D eigenvalue weighted by Gasteiger charge is 1.94. The molecule has 0 aromatic heterocycles. The van der Waals surface area contributed by atoms with Crippen molar-refractivity contribution in [3.05, 3.63) is 77.4 Å². The van der Waals surface area contributed by atoms with Crippen LogP contribution in [-0.2, 0) is 6.42 Å². The predicted octanol–water partition coefficient (Wildman–Crippen LogP) is 6.95. The molecule has 0 aliphatic rings. The van der Waals surface area contributed by atoms with Gasteiger partial charge in [-0.1, -0.05) is 75.3 Å². The van der Waals surface area contributed by atoms with Gasteiger partial charge in [0.2, 0.25) is 0 Å². The van der Waals surface area contributed by atoms with Crippen molar-refractivity contribution in [1.82, 2.24) is 0 Å². The second kappa shape index (κ2) is 14.1. The number of unbranched alkanes of at least 4 members (excludes halogenated alkanes) is 4. The average molecular weight is 385 g/mol. The zero-order valence-corrected chi connectivity index (χ0v) is 17.8. The third-order valence-electron chi connectivity index (χ3n) is 4.58. The molecule has 0 amide bonds. The maximum atomic E-state index is 5.75. The Bertz CT molecular complexity index is 849. The van der Waals surface area contributed by atoms with E-state index in [0.29, 0.717) is 0 Å². The van der Waals surface area contributed by atoms with E-state index in [9.17, 15) is 0 Å². The van der Waals surface area contributed by atoms with E-state index in [1.54, 1.807) is 12.2 Å². The summed E-state index contributed by atoms with van der Waals surface area (Å²) in [6.45, 7) is 5.22. The van der Waals surface area contributed by atoms with Crippen molar-refractivity contribution in [3.63, 3.8) is 0 Å². The first kappa shape index (κ1) is 22.4. The van der Waals surface area contributed by atoms with Crippen molar-refractivity contribution in [2.24, 2.45) is 0 Å². The molecule has 0 spiro atoms. The summed E-state index contributed by atoms with van der Waals surface area (Å²) in [5.41, 5.74) is 3.39. The van der Waals surface area contributed by atoms with Crippen molar-refractivity contribution in [1.29, 1.82) is 0 Å². The zero-order chi connectivity index (χ0) is 20.6. The minimum atomic E-state index is 0.786. The molecule has 29 heavy (non-hydrogen) atoms. The molecule has 0 saturated heterocycles. The van der Waals surface area contributed by atoms with Crippen molar-refractivity contribution >= 4 is 0 Å². The fourth-order valence-electron chi connectivity index (χ4n) is 2.82. The monoisotopic (exact) mass is 384 g/mol. The second-order valence-electron chi connectivity index (χ2n) is 7.11. The standard InChI is InChI=1S/C28H32O/c1-3-5-7-12-24-29-28-22-20-27(21-23-28)15-11-9-8-10-14-26-18-16-25(17-19-26)13-6-4-2/h8-9,16-23H,3-7,12-13,24H2,1-2H3/b9-8+. The van der Waals surface area contributed by atoms with Crippen LogP contribution in [0.1, 0.15) is 69.1 Å². The summed E-state index contributed by atoms with van der Waals surface area (Å²) in [6.07, 6.45) is 12.1. The first-order valence-electron chi connectivity index (χ1n) is 10.8. The van der Waals surface area contributed by atoms with Crippen LogP contribution in [0.4, 0.5) is 0 Å². The van der Waals surface area contributed by atoms with E-state index in [0.717, 1.165) is 36.3 Å². The third-order valence-corrected chi connectivity index (χ3v) is 4.58. The van der Waals surface area contributed by atoms with Crippen LogP contribution in [0.25, 0.3) is 0 Å². The molecular weight excluding hydrogens is 352 g/mol. The van der Waals surface area contributed by atoms with Gasteiger partial charge in [-0.3, -0.25) is 0 Å². The largest absolute Gasteiger partial charge is 0.494 e. The van der Waals surface area contributed by atoms with Gasteiger partial charge in [-0.05, 0) is 73.4 Å². The molecule has 0 unspecified atom stereocenters. The van der Waals surface area contributed by atoms with E-state index < -0.39 is 0 Å². The topological polar surface area (TPSA) is 9.23 Å². The summed E-state index contributed by atoms with van der Waals surface area (Å²) >= 11 is 0. The molecule has 0 fully saturated rings. The number of allylic oxidation sites excluding steroid dienone is 2. The number of ether oxygens (including phenoxy) is 1. The molecular formula is C28H32O. The Balaban J connectivity index is 1.76. The summed E-state index contributed by atoms with van der Waals surface area (Å²) in [7, 11) is 0. The predicted molar refractivity (Wildman–Crippen MR) is 124 cm³/mol. The highest BCUT2D eigenvalue weighted by Crippen LogP contribution is 2.12. The maximum absolute atomic E-state index is 5.75.